The smallest absolute Gasteiger partial charge is 0.387 e. The fourth-order valence-electron chi connectivity index (χ4n) is 2.18. The van der Waals surface area contributed by atoms with Crippen LogP contribution in [0.2, 0.25) is 0 Å². The van der Waals surface area contributed by atoms with Crippen molar-refractivity contribution in [3.05, 3.63) is 59.2 Å². The zero-order chi connectivity index (χ0) is 19.1. The van der Waals surface area contributed by atoms with Crippen molar-refractivity contribution in [2.45, 2.75) is 6.61 Å². The van der Waals surface area contributed by atoms with E-state index in [0.29, 0.717) is 16.9 Å². The Morgan fingerprint density at radius 1 is 1.08 bits per heavy atom. The highest BCUT2D eigenvalue weighted by Crippen LogP contribution is 2.30. The SMILES string of the molecule is COc1ccc(C(=O)/C(C#N)=C/c2ccc(OC(F)F)c(OC)c2)cc1. The van der Waals surface area contributed by atoms with Gasteiger partial charge in [-0.25, -0.2) is 0 Å². The van der Waals surface area contributed by atoms with Crippen LogP contribution in [0.3, 0.4) is 0 Å². The molecule has 2 aromatic rings. The molecule has 0 spiro atoms. The van der Waals surface area contributed by atoms with Crippen LogP contribution in [-0.2, 0) is 0 Å². The largest absolute Gasteiger partial charge is 0.497 e. The van der Waals surface area contributed by atoms with E-state index in [1.54, 1.807) is 24.3 Å². The van der Waals surface area contributed by atoms with Crippen molar-refractivity contribution in [1.29, 1.82) is 5.26 Å². The summed E-state index contributed by atoms with van der Waals surface area (Å²) in [5.74, 6) is 0.0401. The molecule has 0 radical (unpaired) electrons. The molecule has 134 valence electrons. The van der Waals surface area contributed by atoms with Gasteiger partial charge in [0.05, 0.1) is 14.2 Å². The first-order chi connectivity index (χ1) is 12.5. The van der Waals surface area contributed by atoms with E-state index in [4.69, 9.17) is 9.47 Å². The molecule has 26 heavy (non-hydrogen) atoms. The number of nitriles is 1. The number of halogens is 2. The Morgan fingerprint density at radius 2 is 1.77 bits per heavy atom. The normalized spacial score (nSPS) is 11.0. The number of carbonyl (C=O) groups excluding carboxylic acids is 1. The van der Waals surface area contributed by atoms with Crippen molar-refractivity contribution in [1.82, 2.24) is 0 Å². The van der Waals surface area contributed by atoms with Gasteiger partial charge in [0.1, 0.15) is 17.4 Å². The average molecular weight is 359 g/mol. The topological polar surface area (TPSA) is 68.6 Å². The predicted octanol–water partition coefficient (Wildman–Crippen LogP) is 4.10. The summed E-state index contributed by atoms with van der Waals surface area (Å²) < 4.78 is 39.1. The van der Waals surface area contributed by atoms with E-state index in [-0.39, 0.29) is 17.1 Å². The zero-order valence-corrected chi connectivity index (χ0v) is 14.0. The number of ether oxygens (including phenoxy) is 3. The van der Waals surface area contributed by atoms with E-state index in [0.717, 1.165) is 0 Å². The Bertz CT molecular complexity index is 855. The maximum atomic E-state index is 12.5. The summed E-state index contributed by atoms with van der Waals surface area (Å²) in [6.45, 7) is -2.99. The van der Waals surface area contributed by atoms with Crippen LogP contribution in [0.15, 0.2) is 48.0 Å². The van der Waals surface area contributed by atoms with Gasteiger partial charge in [0.15, 0.2) is 11.5 Å². The molecular weight excluding hydrogens is 344 g/mol. The third-order valence-corrected chi connectivity index (χ3v) is 3.43. The number of allylic oxidation sites excluding steroid dienone is 1. The summed E-state index contributed by atoms with van der Waals surface area (Å²) >= 11 is 0. The highest BCUT2D eigenvalue weighted by Gasteiger charge is 2.14. The lowest BCUT2D eigenvalue weighted by atomic mass is 10.0. The Morgan fingerprint density at radius 3 is 2.31 bits per heavy atom. The second-order valence-corrected chi connectivity index (χ2v) is 5.02. The molecule has 0 bridgehead atoms. The molecule has 0 aliphatic carbocycles. The number of methoxy groups -OCH3 is 2. The van der Waals surface area contributed by atoms with E-state index in [2.05, 4.69) is 4.74 Å². The van der Waals surface area contributed by atoms with Crippen LogP contribution in [0.1, 0.15) is 15.9 Å². The Kier molecular flexibility index (Phi) is 6.28. The Hall–Kier alpha value is -3.40. The van der Waals surface area contributed by atoms with Gasteiger partial charge in [0, 0.05) is 5.56 Å². The van der Waals surface area contributed by atoms with Gasteiger partial charge in [-0.3, -0.25) is 4.79 Å². The summed E-state index contributed by atoms with van der Waals surface area (Å²) in [6, 6.07) is 12.3. The van der Waals surface area contributed by atoms with Crippen LogP contribution in [-0.4, -0.2) is 26.6 Å². The lowest BCUT2D eigenvalue weighted by molar-refractivity contribution is -0.0512. The molecule has 0 saturated carbocycles. The molecule has 2 aromatic carbocycles. The number of hydrogen-bond acceptors (Lipinski definition) is 5. The van der Waals surface area contributed by atoms with Gasteiger partial charge in [0.2, 0.25) is 5.78 Å². The van der Waals surface area contributed by atoms with Gasteiger partial charge in [0.25, 0.3) is 0 Å². The molecule has 0 saturated heterocycles. The summed E-state index contributed by atoms with van der Waals surface area (Å²) in [5.41, 5.74) is 0.643. The molecule has 2 rings (SSSR count). The maximum absolute atomic E-state index is 12.5. The number of benzene rings is 2. The molecule has 5 nitrogen and oxygen atoms in total. The summed E-state index contributed by atoms with van der Waals surface area (Å²) in [4.78, 5) is 12.5. The molecule has 0 aliphatic rings. The van der Waals surface area contributed by atoms with Crippen LogP contribution in [0.5, 0.6) is 17.2 Å². The molecule has 0 fully saturated rings. The fourth-order valence-corrected chi connectivity index (χ4v) is 2.18. The molecule has 0 heterocycles. The molecule has 7 heteroatoms. The summed E-state index contributed by atoms with van der Waals surface area (Å²) in [5, 5.41) is 9.30. The second-order valence-electron chi connectivity index (χ2n) is 5.02. The van der Waals surface area contributed by atoms with Crippen molar-refractivity contribution in [3.63, 3.8) is 0 Å². The minimum atomic E-state index is -2.99. The van der Waals surface area contributed by atoms with Crippen LogP contribution >= 0.6 is 0 Å². The molecule has 0 unspecified atom stereocenters. The van der Waals surface area contributed by atoms with Gasteiger partial charge in [-0.15, -0.1) is 0 Å². The van der Waals surface area contributed by atoms with Gasteiger partial charge < -0.3 is 14.2 Å². The number of hydrogen-bond donors (Lipinski definition) is 0. The van der Waals surface area contributed by atoms with Gasteiger partial charge in [-0.05, 0) is 48.0 Å². The number of rotatable bonds is 7. The molecule has 0 aliphatic heterocycles. The quantitative estimate of drug-likeness (QED) is 0.423. The number of nitrogens with zero attached hydrogens (tertiary/aromatic N) is 1. The summed E-state index contributed by atoms with van der Waals surface area (Å²) in [6.07, 6.45) is 1.35. The van der Waals surface area contributed by atoms with Crippen LogP contribution in [0.25, 0.3) is 6.08 Å². The second kappa shape index (κ2) is 8.62. The lowest BCUT2D eigenvalue weighted by Gasteiger charge is -2.10. The number of carbonyl (C=O) groups is 1. The first kappa shape index (κ1) is 18.9. The van der Waals surface area contributed by atoms with E-state index in [1.807, 2.05) is 6.07 Å². The minimum absolute atomic E-state index is 0.0632. The van der Waals surface area contributed by atoms with Gasteiger partial charge >= 0.3 is 6.61 Å². The van der Waals surface area contributed by atoms with E-state index >= 15 is 0 Å². The zero-order valence-electron chi connectivity index (χ0n) is 14.0. The van der Waals surface area contributed by atoms with E-state index in [1.165, 1.54) is 38.5 Å². The lowest BCUT2D eigenvalue weighted by Crippen LogP contribution is -2.04. The van der Waals surface area contributed by atoms with E-state index < -0.39 is 12.4 Å². The van der Waals surface area contributed by atoms with Crippen molar-refractivity contribution in [3.8, 4) is 23.3 Å². The van der Waals surface area contributed by atoms with Crippen molar-refractivity contribution >= 4 is 11.9 Å². The van der Waals surface area contributed by atoms with Crippen LogP contribution in [0.4, 0.5) is 8.78 Å². The fraction of sp³-hybridized carbons (Fsp3) is 0.158. The maximum Gasteiger partial charge on any atom is 0.387 e. The Balaban J connectivity index is 2.32. The van der Waals surface area contributed by atoms with Crippen LogP contribution in [0, 0.1) is 11.3 Å². The molecule has 0 amide bonds. The molecule has 0 aromatic heterocycles. The third-order valence-electron chi connectivity index (χ3n) is 3.43. The highest BCUT2D eigenvalue weighted by molar-refractivity contribution is 6.14. The average Bonchev–Trinajstić information content (AvgIpc) is 2.66. The van der Waals surface area contributed by atoms with Crippen molar-refractivity contribution in [2.24, 2.45) is 0 Å². The molecule has 0 N–H and O–H groups in total. The third kappa shape index (κ3) is 4.57. The Labute approximate surface area is 149 Å². The number of Topliss-reactive ketones (excluding diaryl/α,β-unsaturated/α-hetero) is 1. The standard InChI is InChI=1S/C19H15F2NO4/c1-24-15-6-4-13(5-7-15)18(23)14(11-22)9-12-3-8-16(26-19(20)21)17(10-12)25-2/h3-10,19H,1-2H3/b14-9+. The number of ketones is 1. The minimum Gasteiger partial charge on any atom is -0.497 e. The van der Waals surface area contributed by atoms with E-state index in [9.17, 15) is 18.8 Å². The predicted molar refractivity (Wildman–Crippen MR) is 90.5 cm³/mol. The first-order valence-corrected chi connectivity index (χ1v) is 7.42. The summed E-state index contributed by atoms with van der Waals surface area (Å²) in [7, 11) is 2.81. The molecule has 0 atom stereocenters. The van der Waals surface area contributed by atoms with Crippen LogP contribution < -0.4 is 14.2 Å². The monoisotopic (exact) mass is 359 g/mol. The van der Waals surface area contributed by atoms with Gasteiger partial charge in [-0.1, -0.05) is 6.07 Å². The first-order valence-electron chi connectivity index (χ1n) is 7.42. The molecular formula is C19H15F2NO4. The van der Waals surface area contributed by atoms with Gasteiger partial charge in [-0.2, -0.15) is 14.0 Å². The van der Waals surface area contributed by atoms with Crippen molar-refractivity contribution < 1.29 is 27.8 Å². The highest BCUT2D eigenvalue weighted by atomic mass is 19.3. The number of alkyl halides is 2. The van der Waals surface area contributed by atoms with Crippen molar-refractivity contribution in [2.75, 3.05) is 14.2 Å².